The molecular formula is C13H16ClN3O. The van der Waals surface area contributed by atoms with E-state index in [-0.39, 0.29) is 0 Å². The SMILES string of the molecule is C[C@@H](C1CCOCC1)n1ccc2ncc(Cl)nc21. The Labute approximate surface area is 111 Å². The Morgan fingerprint density at radius 1 is 1.44 bits per heavy atom. The maximum Gasteiger partial charge on any atom is 0.160 e. The van der Waals surface area contributed by atoms with Gasteiger partial charge in [-0.25, -0.2) is 9.97 Å². The number of halogens is 1. The molecule has 0 radical (unpaired) electrons. The molecule has 0 unspecified atom stereocenters. The second-order valence-corrected chi connectivity index (χ2v) is 5.20. The molecule has 0 aliphatic carbocycles. The molecule has 2 aromatic heterocycles. The van der Waals surface area contributed by atoms with Crippen LogP contribution in [0, 0.1) is 5.92 Å². The predicted octanol–water partition coefficient (Wildman–Crippen LogP) is 3.07. The molecule has 0 spiro atoms. The minimum Gasteiger partial charge on any atom is -0.381 e. The van der Waals surface area contributed by atoms with Gasteiger partial charge in [0.2, 0.25) is 0 Å². The molecule has 96 valence electrons. The third kappa shape index (κ3) is 2.10. The highest BCUT2D eigenvalue weighted by Gasteiger charge is 2.23. The van der Waals surface area contributed by atoms with Crippen LogP contribution in [0.4, 0.5) is 0 Å². The van der Waals surface area contributed by atoms with Gasteiger partial charge in [0, 0.05) is 25.5 Å². The second-order valence-electron chi connectivity index (χ2n) is 4.81. The average molecular weight is 266 g/mol. The molecule has 5 heteroatoms. The molecule has 3 rings (SSSR count). The van der Waals surface area contributed by atoms with Crippen molar-refractivity contribution >= 4 is 22.8 Å². The highest BCUT2D eigenvalue weighted by Crippen LogP contribution is 2.30. The van der Waals surface area contributed by atoms with Gasteiger partial charge in [0.25, 0.3) is 0 Å². The largest absolute Gasteiger partial charge is 0.381 e. The van der Waals surface area contributed by atoms with Crippen molar-refractivity contribution in [2.75, 3.05) is 13.2 Å². The van der Waals surface area contributed by atoms with Crippen LogP contribution in [-0.4, -0.2) is 27.7 Å². The fraction of sp³-hybridized carbons (Fsp3) is 0.538. The van der Waals surface area contributed by atoms with E-state index >= 15 is 0 Å². The van der Waals surface area contributed by atoms with Crippen molar-refractivity contribution in [2.24, 2.45) is 5.92 Å². The summed E-state index contributed by atoms with van der Waals surface area (Å²) in [6.07, 6.45) is 5.86. The van der Waals surface area contributed by atoms with Crippen LogP contribution in [-0.2, 0) is 4.74 Å². The minimum absolute atomic E-state index is 0.402. The molecular weight excluding hydrogens is 250 g/mol. The number of ether oxygens (including phenoxy) is 1. The zero-order valence-corrected chi connectivity index (χ0v) is 11.1. The Morgan fingerprint density at radius 2 is 2.22 bits per heavy atom. The molecule has 1 atom stereocenters. The van der Waals surface area contributed by atoms with Crippen molar-refractivity contribution in [2.45, 2.75) is 25.8 Å². The van der Waals surface area contributed by atoms with Crippen molar-refractivity contribution in [1.29, 1.82) is 0 Å². The van der Waals surface area contributed by atoms with E-state index in [2.05, 4.69) is 27.7 Å². The zero-order chi connectivity index (χ0) is 12.5. The summed E-state index contributed by atoms with van der Waals surface area (Å²) < 4.78 is 7.60. The first kappa shape index (κ1) is 11.9. The first-order valence-electron chi connectivity index (χ1n) is 6.32. The molecule has 4 nitrogen and oxygen atoms in total. The van der Waals surface area contributed by atoms with E-state index in [1.807, 2.05) is 6.07 Å². The van der Waals surface area contributed by atoms with Crippen molar-refractivity contribution in [3.8, 4) is 0 Å². The summed E-state index contributed by atoms with van der Waals surface area (Å²) in [6.45, 7) is 3.96. The summed E-state index contributed by atoms with van der Waals surface area (Å²) in [5, 5.41) is 0.446. The molecule has 18 heavy (non-hydrogen) atoms. The third-order valence-corrected chi connectivity index (χ3v) is 3.96. The molecule has 0 N–H and O–H groups in total. The molecule has 1 aliphatic rings. The molecule has 0 aromatic carbocycles. The quantitative estimate of drug-likeness (QED) is 0.838. The number of fused-ring (bicyclic) bond motifs is 1. The van der Waals surface area contributed by atoms with Crippen LogP contribution in [0.3, 0.4) is 0 Å². The Kier molecular flexibility index (Phi) is 3.22. The number of aromatic nitrogens is 3. The van der Waals surface area contributed by atoms with Gasteiger partial charge in [-0.05, 0) is 31.7 Å². The van der Waals surface area contributed by atoms with Gasteiger partial charge < -0.3 is 9.30 Å². The van der Waals surface area contributed by atoms with E-state index < -0.39 is 0 Å². The predicted molar refractivity (Wildman–Crippen MR) is 70.8 cm³/mol. The van der Waals surface area contributed by atoms with E-state index in [4.69, 9.17) is 16.3 Å². The summed E-state index contributed by atoms with van der Waals surface area (Å²) in [5.41, 5.74) is 1.78. The molecule has 0 amide bonds. The van der Waals surface area contributed by atoms with Crippen molar-refractivity contribution in [3.63, 3.8) is 0 Å². The van der Waals surface area contributed by atoms with E-state index in [0.29, 0.717) is 17.1 Å². The first-order chi connectivity index (χ1) is 8.75. The number of rotatable bonds is 2. The lowest BCUT2D eigenvalue weighted by Gasteiger charge is -2.29. The lowest BCUT2D eigenvalue weighted by molar-refractivity contribution is 0.0519. The zero-order valence-electron chi connectivity index (χ0n) is 10.3. The van der Waals surface area contributed by atoms with Crippen molar-refractivity contribution < 1.29 is 4.74 Å². The summed E-state index contributed by atoms with van der Waals surface area (Å²) >= 11 is 5.93. The van der Waals surface area contributed by atoms with Crippen LogP contribution in [0.1, 0.15) is 25.8 Å². The average Bonchev–Trinajstić information content (AvgIpc) is 2.82. The molecule has 1 fully saturated rings. The lowest BCUT2D eigenvalue weighted by Crippen LogP contribution is -2.23. The smallest absolute Gasteiger partial charge is 0.160 e. The van der Waals surface area contributed by atoms with Gasteiger partial charge in [-0.2, -0.15) is 0 Å². The van der Waals surface area contributed by atoms with Gasteiger partial charge in [0.15, 0.2) is 5.65 Å². The molecule has 0 bridgehead atoms. The lowest BCUT2D eigenvalue weighted by atomic mass is 9.93. The standard InChI is InChI=1S/C13H16ClN3O/c1-9(10-3-6-18-7-4-10)17-5-2-11-13(17)16-12(14)8-15-11/h2,5,8-10H,3-4,6-7H2,1H3/t9-/m0/s1. The van der Waals surface area contributed by atoms with Crippen LogP contribution < -0.4 is 0 Å². The van der Waals surface area contributed by atoms with E-state index in [1.165, 1.54) is 0 Å². The fourth-order valence-electron chi connectivity index (χ4n) is 2.65. The Balaban J connectivity index is 1.95. The number of nitrogens with zero attached hydrogens (tertiary/aromatic N) is 3. The molecule has 1 saturated heterocycles. The van der Waals surface area contributed by atoms with Gasteiger partial charge in [-0.1, -0.05) is 11.6 Å². The van der Waals surface area contributed by atoms with E-state index in [1.54, 1.807) is 6.20 Å². The van der Waals surface area contributed by atoms with Gasteiger partial charge in [-0.3, -0.25) is 0 Å². The number of hydrogen-bond donors (Lipinski definition) is 0. The van der Waals surface area contributed by atoms with Gasteiger partial charge in [0.1, 0.15) is 10.7 Å². The Bertz CT molecular complexity index is 548. The summed E-state index contributed by atoms with van der Waals surface area (Å²) in [6, 6.07) is 2.40. The minimum atomic E-state index is 0.402. The van der Waals surface area contributed by atoms with Gasteiger partial charge in [0.05, 0.1) is 6.20 Å². The molecule has 1 aliphatic heterocycles. The highest BCUT2D eigenvalue weighted by atomic mass is 35.5. The Hall–Kier alpha value is -1.13. The van der Waals surface area contributed by atoms with Crippen LogP contribution >= 0.6 is 11.6 Å². The van der Waals surface area contributed by atoms with E-state index in [0.717, 1.165) is 37.2 Å². The van der Waals surface area contributed by atoms with Crippen LogP contribution in [0.15, 0.2) is 18.5 Å². The summed E-state index contributed by atoms with van der Waals surface area (Å²) in [4.78, 5) is 8.68. The first-order valence-corrected chi connectivity index (χ1v) is 6.70. The van der Waals surface area contributed by atoms with Crippen molar-refractivity contribution in [1.82, 2.24) is 14.5 Å². The fourth-order valence-corrected chi connectivity index (χ4v) is 2.78. The Morgan fingerprint density at radius 3 is 3.00 bits per heavy atom. The van der Waals surface area contributed by atoms with Crippen LogP contribution in [0.5, 0.6) is 0 Å². The normalized spacial score (nSPS) is 19.2. The highest BCUT2D eigenvalue weighted by molar-refractivity contribution is 6.29. The van der Waals surface area contributed by atoms with Crippen LogP contribution in [0.2, 0.25) is 5.15 Å². The summed E-state index contributed by atoms with van der Waals surface area (Å²) in [7, 11) is 0. The van der Waals surface area contributed by atoms with E-state index in [9.17, 15) is 0 Å². The van der Waals surface area contributed by atoms with Gasteiger partial charge >= 0.3 is 0 Å². The van der Waals surface area contributed by atoms with Crippen LogP contribution in [0.25, 0.3) is 11.2 Å². The number of hydrogen-bond acceptors (Lipinski definition) is 3. The summed E-state index contributed by atoms with van der Waals surface area (Å²) in [5.74, 6) is 0.634. The molecule has 2 aromatic rings. The maximum absolute atomic E-state index is 5.93. The maximum atomic E-state index is 5.93. The monoisotopic (exact) mass is 265 g/mol. The molecule has 3 heterocycles. The molecule has 0 saturated carbocycles. The topological polar surface area (TPSA) is 39.9 Å². The second kappa shape index (κ2) is 4.86. The third-order valence-electron chi connectivity index (χ3n) is 3.78. The van der Waals surface area contributed by atoms with Gasteiger partial charge in [-0.15, -0.1) is 0 Å². The van der Waals surface area contributed by atoms with Crippen molar-refractivity contribution in [3.05, 3.63) is 23.6 Å².